The number of carbonyl (C=O) groups is 1. The molecule has 0 aliphatic carbocycles. The summed E-state index contributed by atoms with van der Waals surface area (Å²) >= 11 is 0. The fraction of sp³-hybridized carbons (Fsp3) is 0.500. The Balaban J connectivity index is 1.57. The summed E-state index contributed by atoms with van der Waals surface area (Å²) in [5.74, 6) is 1.51. The molecule has 1 aromatic rings. The Labute approximate surface area is 111 Å². The van der Waals surface area contributed by atoms with E-state index in [0.29, 0.717) is 29.6 Å². The summed E-state index contributed by atoms with van der Waals surface area (Å²) in [6.45, 7) is 2.99. The van der Waals surface area contributed by atoms with Gasteiger partial charge in [0.1, 0.15) is 0 Å². The van der Waals surface area contributed by atoms with Gasteiger partial charge in [-0.3, -0.25) is 0 Å². The van der Waals surface area contributed by atoms with Crippen molar-refractivity contribution in [3.05, 3.63) is 23.8 Å². The van der Waals surface area contributed by atoms with E-state index in [2.05, 4.69) is 5.32 Å². The van der Waals surface area contributed by atoms with Crippen molar-refractivity contribution >= 4 is 5.97 Å². The molecule has 2 N–H and O–H groups in total. The lowest BCUT2D eigenvalue weighted by atomic mass is 9.99. The molecule has 0 radical (unpaired) electrons. The minimum absolute atomic E-state index is 0.215. The van der Waals surface area contributed by atoms with Crippen LogP contribution in [0.25, 0.3) is 0 Å². The monoisotopic (exact) mass is 264 g/mol. The largest absolute Gasteiger partial charge is 0.462 e. The lowest BCUT2D eigenvalue weighted by Gasteiger charge is -2.19. The first-order valence-electron chi connectivity index (χ1n) is 6.71. The standard InChI is InChI=1S/C14H17NO4/c16-14(17-8-10-3-5-15-6-4-10)11-1-2-12-13(7-11)19-9-18-12/h1-2,7,10,15H,3-6,8-9H2/p+1. The highest BCUT2D eigenvalue weighted by Crippen LogP contribution is 2.32. The molecule has 0 amide bonds. The minimum atomic E-state index is -0.284. The second-order valence-electron chi connectivity index (χ2n) is 4.98. The van der Waals surface area contributed by atoms with Gasteiger partial charge in [-0.2, -0.15) is 0 Å². The zero-order valence-electron chi connectivity index (χ0n) is 10.8. The first kappa shape index (κ1) is 12.3. The molecular formula is C14H18NO4+. The Kier molecular flexibility index (Phi) is 3.55. The normalized spacial score (nSPS) is 18.3. The highest BCUT2D eigenvalue weighted by atomic mass is 16.7. The van der Waals surface area contributed by atoms with Crippen LogP contribution in [0, 0.1) is 5.92 Å². The first-order valence-corrected chi connectivity index (χ1v) is 6.71. The lowest BCUT2D eigenvalue weighted by Crippen LogP contribution is -2.86. The predicted octanol–water partition coefficient (Wildman–Crippen LogP) is 0.546. The van der Waals surface area contributed by atoms with Gasteiger partial charge in [-0.05, 0) is 18.2 Å². The molecule has 1 saturated heterocycles. The van der Waals surface area contributed by atoms with E-state index in [1.54, 1.807) is 18.2 Å². The molecule has 1 aromatic carbocycles. The molecule has 5 heteroatoms. The van der Waals surface area contributed by atoms with Crippen LogP contribution in [-0.4, -0.2) is 32.5 Å². The van der Waals surface area contributed by atoms with E-state index >= 15 is 0 Å². The van der Waals surface area contributed by atoms with Crippen molar-refractivity contribution < 1.29 is 24.3 Å². The summed E-state index contributed by atoms with van der Waals surface area (Å²) < 4.78 is 15.8. The van der Waals surface area contributed by atoms with E-state index in [1.807, 2.05) is 0 Å². The molecule has 0 bridgehead atoms. The van der Waals surface area contributed by atoms with Crippen molar-refractivity contribution in [3.8, 4) is 11.5 Å². The molecule has 0 aromatic heterocycles. The van der Waals surface area contributed by atoms with Crippen LogP contribution in [0.15, 0.2) is 18.2 Å². The van der Waals surface area contributed by atoms with Crippen LogP contribution < -0.4 is 14.8 Å². The van der Waals surface area contributed by atoms with Crippen molar-refractivity contribution in [2.75, 3.05) is 26.5 Å². The molecule has 1 fully saturated rings. The predicted molar refractivity (Wildman–Crippen MR) is 67.2 cm³/mol. The van der Waals surface area contributed by atoms with Crippen molar-refractivity contribution in [2.45, 2.75) is 12.8 Å². The van der Waals surface area contributed by atoms with Gasteiger partial charge >= 0.3 is 5.97 Å². The molecule has 0 spiro atoms. The Hall–Kier alpha value is -1.75. The fourth-order valence-corrected chi connectivity index (χ4v) is 2.46. The molecule has 2 heterocycles. The van der Waals surface area contributed by atoms with Gasteiger partial charge in [0.25, 0.3) is 0 Å². The van der Waals surface area contributed by atoms with Crippen LogP contribution in [0.4, 0.5) is 0 Å². The Morgan fingerprint density at radius 2 is 2.05 bits per heavy atom. The van der Waals surface area contributed by atoms with E-state index in [-0.39, 0.29) is 12.8 Å². The van der Waals surface area contributed by atoms with Crippen LogP contribution in [0.3, 0.4) is 0 Å². The molecule has 2 aliphatic heterocycles. The van der Waals surface area contributed by atoms with Crippen molar-refractivity contribution in [2.24, 2.45) is 5.92 Å². The Bertz CT molecular complexity index is 469. The van der Waals surface area contributed by atoms with Gasteiger partial charge in [0, 0.05) is 18.8 Å². The number of hydrogen-bond acceptors (Lipinski definition) is 4. The zero-order valence-corrected chi connectivity index (χ0v) is 10.8. The van der Waals surface area contributed by atoms with Gasteiger partial charge in [-0.15, -0.1) is 0 Å². The number of benzene rings is 1. The van der Waals surface area contributed by atoms with Crippen LogP contribution in [0.2, 0.25) is 0 Å². The topological polar surface area (TPSA) is 61.4 Å². The summed E-state index contributed by atoms with van der Waals surface area (Å²) in [6.07, 6.45) is 2.24. The maximum absolute atomic E-state index is 12.0. The molecule has 0 unspecified atom stereocenters. The lowest BCUT2D eigenvalue weighted by molar-refractivity contribution is -0.665. The fourth-order valence-electron chi connectivity index (χ4n) is 2.46. The molecule has 102 valence electrons. The van der Waals surface area contributed by atoms with Crippen molar-refractivity contribution in [1.82, 2.24) is 0 Å². The number of hydrogen-bond donors (Lipinski definition) is 1. The SMILES string of the molecule is O=C(OCC1CC[NH2+]CC1)c1ccc2c(c1)OCO2. The van der Waals surface area contributed by atoms with E-state index in [1.165, 1.54) is 0 Å². The van der Waals surface area contributed by atoms with Crippen LogP contribution in [0.1, 0.15) is 23.2 Å². The van der Waals surface area contributed by atoms with Crippen molar-refractivity contribution in [3.63, 3.8) is 0 Å². The molecule has 2 aliphatic rings. The quantitative estimate of drug-likeness (QED) is 0.810. The minimum Gasteiger partial charge on any atom is -0.462 e. The van der Waals surface area contributed by atoms with E-state index in [9.17, 15) is 4.79 Å². The third kappa shape index (κ3) is 2.81. The second kappa shape index (κ2) is 5.48. The third-order valence-electron chi connectivity index (χ3n) is 3.62. The number of rotatable bonds is 3. The van der Waals surface area contributed by atoms with Crippen LogP contribution in [0.5, 0.6) is 11.5 Å². The highest BCUT2D eigenvalue weighted by Gasteiger charge is 2.20. The van der Waals surface area contributed by atoms with Crippen LogP contribution >= 0.6 is 0 Å². The second-order valence-corrected chi connectivity index (χ2v) is 4.98. The van der Waals surface area contributed by atoms with Crippen LogP contribution in [-0.2, 0) is 4.74 Å². The number of ether oxygens (including phenoxy) is 3. The van der Waals surface area contributed by atoms with Gasteiger partial charge in [0.15, 0.2) is 11.5 Å². The molecule has 19 heavy (non-hydrogen) atoms. The van der Waals surface area contributed by atoms with E-state index < -0.39 is 0 Å². The highest BCUT2D eigenvalue weighted by molar-refractivity contribution is 5.90. The summed E-state index contributed by atoms with van der Waals surface area (Å²) in [5.41, 5.74) is 0.520. The first-order chi connectivity index (χ1) is 9.33. The van der Waals surface area contributed by atoms with Gasteiger partial charge in [0.2, 0.25) is 6.79 Å². The molecule has 0 atom stereocenters. The summed E-state index contributed by atoms with van der Waals surface area (Å²) in [4.78, 5) is 12.0. The third-order valence-corrected chi connectivity index (χ3v) is 3.62. The smallest absolute Gasteiger partial charge is 0.338 e. The number of piperidine rings is 1. The molecule has 5 nitrogen and oxygen atoms in total. The maximum atomic E-state index is 12.0. The van der Waals surface area contributed by atoms with Gasteiger partial charge in [-0.1, -0.05) is 0 Å². The van der Waals surface area contributed by atoms with Gasteiger partial charge in [0.05, 0.1) is 25.3 Å². The Morgan fingerprint density at radius 1 is 1.26 bits per heavy atom. The van der Waals surface area contributed by atoms with Gasteiger partial charge in [-0.25, -0.2) is 4.79 Å². The summed E-state index contributed by atoms with van der Waals surface area (Å²) in [5, 5.41) is 2.30. The summed E-state index contributed by atoms with van der Waals surface area (Å²) in [6, 6.07) is 5.14. The van der Waals surface area contributed by atoms with Crippen molar-refractivity contribution in [1.29, 1.82) is 0 Å². The van der Waals surface area contributed by atoms with E-state index in [0.717, 1.165) is 25.9 Å². The van der Waals surface area contributed by atoms with Gasteiger partial charge < -0.3 is 19.5 Å². The number of carbonyl (C=O) groups excluding carboxylic acids is 1. The number of esters is 1. The number of fused-ring (bicyclic) bond motifs is 1. The molecule has 0 saturated carbocycles. The molecular weight excluding hydrogens is 246 g/mol. The number of nitrogens with two attached hydrogens (primary N) is 1. The average Bonchev–Trinajstić information content (AvgIpc) is 2.93. The zero-order chi connectivity index (χ0) is 13.1. The van der Waals surface area contributed by atoms with E-state index in [4.69, 9.17) is 14.2 Å². The average molecular weight is 264 g/mol. The molecule has 3 rings (SSSR count). The summed E-state index contributed by atoms with van der Waals surface area (Å²) in [7, 11) is 0. The Morgan fingerprint density at radius 3 is 2.89 bits per heavy atom. The maximum Gasteiger partial charge on any atom is 0.338 e. The number of quaternary nitrogens is 1.